The Labute approximate surface area is 179 Å². The van der Waals surface area contributed by atoms with Crippen LogP contribution in [0.3, 0.4) is 0 Å². The van der Waals surface area contributed by atoms with Crippen molar-refractivity contribution in [2.24, 2.45) is 5.92 Å². The van der Waals surface area contributed by atoms with E-state index in [1.54, 1.807) is 12.4 Å². The molecule has 0 saturated carbocycles. The van der Waals surface area contributed by atoms with E-state index in [4.69, 9.17) is 0 Å². The van der Waals surface area contributed by atoms with Gasteiger partial charge in [0.1, 0.15) is 0 Å². The first-order chi connectivity index (χ1) is 14.6. The second-order valence-corrected chi connectivity index (χ2v) is 7.83. The Balaban J connectivity index is 1.57. The minimum absolute atomic E-state index is 0.0737. The van der Waals surface area contributed by atoms with E-state index in [0.29, 0.717) is 12.1 Å². The second kappa shape index (κ2) is 10.9. The Bertz CT molecular complexity index is 836. The molecule has 0 radical (unpaired) electrons. The van der Waals surface area contributed by atoms with Gasteiger partial charge < -0.3 is 10.2 Å². The number of carbonyl (C=O) groups is 2. The second-order valence-electron chi connectivity index (χ2n) is 7.83. The molecule has 1 aliphatic heterocycles. The molecule has 0 bridgehead atoms. The highest BCUT2D eigenvalue weighted by Gasteiger charge is 2.28. The van der Waals surface area contributed by atoms with E-state index >= 15 is 0 Å². The fourth-order valence-corrected chi connectivity index (χ4v) is 4.05. The van der Waals surface area contributed by atoms with Crippen LogP contribution in [0.4, 0.5) is 0 Å². The molecule has 0 aliphatic carbocycles. The first-order valence-corrected chi connectivity index (χ1v) is 10.9. The summed E-state index contributed by atoms with van der Waals surface area (Å²) in [5.74, 6) is 0.256. The maximum absolute atomic E-state index is 12.7. The van der Waals surface area contributed by atoms with Crippen LogP contribution < -0.4 is 5.32 Å². The molecule has 160 valence electrons. The zero-order valence-corrected chi connectivity index (χ0v) is 18.0. The van der Waals surface area contributed by atoms with E-state index < -0.39 is 0 Å². The number of aromatic nitrogens is 1. The Morgan fingerprint density at radius 2 is 1.97 bits per heavy atom. The molecule has 2 amide bonds. The average molecular weight is 409 g/mol. The molecule has 3 rings (SSSR count). The molecule has 1 fully saturated rings. The number of carbonyl (C=O) groups excluding carboxylic acids is 2. The van der Waals surface area contributed by atoms with Crippen LogP contribution in [-0.2, 0) is 17.9 Å². The van der Waals surface area contributed by atoms with Gasteiger partial charge in [0.2, 0.25) is 5.91 Å². The van der Waals surface area contributed by atoms with Crippen molar-refractivity contribution in [1.29, 1.82) is 0 Å². The van der Waals surface area contributed by atoms with Crippen LogP contribution in [0.1, 0.15) is 48.2 Å². The predicted molar refractivity (Wildman–Crippen MR) is 118 cm³/mol. The third kappa shape index (κ3) is 5.89. The van der Waals surface area contributed by atoms with Crippen LogP contribution in [0.15, 0.2) is 48.8 Å². The highest BCUT2D eigenvalue weighted by atomic mass is 16.2. The number of benzene rings is 1. The molecule has 1 aromatic carbocycles. The van der Waals surface area contributed by atoms with Gasteiger partial charge in [-0.05, 0) is 62.6 Å². The fourth-order valence-electron chi connectivity index (χ4n) is 4.05. The van der Waals surface area contributed by atoms with E-state index in [-0.39, 0.29) is 17.7 Å². The van der Waals surface area contributed by atoms with Gasteiger partial charge in [0.05, 0.1) is 5.92 Å². The van der Waals surface area contributed by atoms with Crippen molar-refractivity contribution in [2.75, 3.05) is 26.2 Å². The van der Waals surface area contributed by atoms with Gasteiger partial charge in [-0.2, -0.15) is 0 Å². The Morgan fingerprint density at radius 3 is 2.70 bits per heavy atom. The molecule has 6 nitrogen and oxygen atoms in total. The van der Waals surface area contributed by atoms with Crippen molar-refractivity contribution in [3.05, 3.63) is 65.5 Å². The van der Waals surface area contributed by atoms with Gasteiger partial charge in [-0.1, -0.05) is 18.2 Å². The summed E-state index contributed by atoms with van der Waals surface area (Å²) < 4.78 is 0. The Morgan fingerprint density at radius 1 is 1.17 bits per heavy atom. The topological polar surface area (TPSA) is 65.5 Å². The van der Waals surface area contributed by atoms with E-state index in [9.17, 15) is 9.59 Å². The summed E-state index contributed by atoms with van der Waals surface area (Å²) in [5, 5.41) is 2.95. The smallest absolute Gasteiger partial charge is 0.251 e. The fraction of sp³-hybridized carbons (Fsp3) is 0.458. The van der Waals surface area contributed by atoms with Crippen LogP contribution in [0.2, 0.25) is 0 Å². The summed E-state index contributed by atoms with van der Waals surface area (Å²) in [6.45, 7) is 8.58. The van der Waals surface area contributed by atoms with Crippen LogP contribution >= 0.6 is 0 Å². The number of likely N-dealkylation sites (tertiary alicyclic amines) is 1. The monoisotopic (exact) mass is 408 g/mol. The maximum atomic E-state index is 12.7. The van der Waals surface area contributed by atoms with Gasteiger partial charge in [-0.25, -0.2) is 0 Å². The molecular weight excluding hydrogens is 376 g/mol. The van der Waals surface area contributed by atoms with Gasteiger partial charge in [0.15, 0.2) is 0 Å². The summed E-state index contributed by atoms with van der Waals surface area (Å²) in [5.41, 5.74) is 2.73. The quantitative estimate of drug-likeness (QED) is 0.729. The van der Waals surface area contributed by atoms with Crippen LogP contribution in [-0.4, -0.2) is 52.8 Å². The molecule has 1 saturated heterocycles. The largest absolute Gasteiger partial charge is 0.348 e. The standard InChI is InChI=1S/C24H32N4O2/c1-3-28(4-2)24(30)22-11-7-13-27(18-22)17-19-8-5-10-21(14-19)23(29)26-16-20-9-6-12-25-15-20/h5-6,8-10,12,14-15,22H,3-4,7,11,13,16-18H2,1-2H3,(H,26,29). The lowest BCUT2D eigenvalue weighted by Gasteiger charge is -2.34. The number of pyridine rings is 1. The normalized spacial score (nSPS) is 16.8. The van der Waals surface area contributed by atoms with Crippen molar-refractivity contribution in [3.8, 4) is 0 Å². The summed E-state index contributed by atoms with van der Waals surface area (Å²) >= 11 is 0. The molecule has 0 spiro atoms. The molecule has 1 aromatic heterocycles. The number of nitrogens with zero attached hydrogens (tertiary/aromatic N) is 3. The van der Waals surface area contributed by atoms with Crippen molar-refractivity contribution < 1.29 is 9.59 Å². The predicted octanol–water partition coefficient (Wildman–Crippen LogP) is 3.09. The number of nitrogens with one attached hydrogen (secondary N) is 1. The molecule has 1 N–H and O–H groups in total. The Hall–Kier alpha value is -2.73. The third-order valence-electron chi connectivity index (χ3n) is 5.70. The molecule has 2 heterocycles. The molecule has 1 unspecified atom stereocenters. The number of rotatable bonds is 8. The van der Waals surface area contributed by atoms with Gasteiger partial charge in [-0.3, -0.25) is 19.5 Å². The van der Waals surface area contributed by atoms with Gasteiger partial charge in [-0.15, -0.1) is 0 Å². The van der Waals surface area contributed by atoms with E-state index in [1.165, 1.54) is 0 Å². The third-order valence-corrected chi connectivity index (χ3v) is 5.70. The molecular formula is C24H32N4O2. The summed E-state index contributed by atoms with van der Waals surface area (Å²) in [7, 11) is 0. The highest BCUT2D eigenvalue weighted by Crippen LogP contribution is 2.21. The van der Waals surface area contributed by atoms with Gasteiger partial charge in [0.25, 0.3) is 5.91 Å². The molecule has 2 aromatic rings. The molecule has 30 heavy (non-hydrogen) atoms. The van der Waals surface area contributed by atoms with Gasteiger partial charge >= 0.3 is 0 Å². The SMILES string of the molecule is CCN(CC)C(=O)C1CCCN(Cc2cccc(C(=O)NCc3cccnc3)c2)C1. The number of hydrogen-bond donors (Lipinski definition) is 1. The Kier molecular flexibility index (Phi) is 7.97. The average Bonchev–Trinajstić information content (AvgIpc) is 2.79. The molecule has 1 atom stereocenters. The zero-order valence-electron chi connectivity index (χ0n) is 18.0. The lowest BCUT2D eigenvalue weighted by atomic mass is 9.96. The van der Waals surface area contributed by atoms with Crippen LogP contribution in [0.5, 0.6) is 0 Å². The lowest BCUT2D eigenvalue weighted by Crippen LogP contribution is -2.44. The number of piperidine rings is 1. The van der Waals surface area contributed by atoms with E-state index in [1.807, 2.05) is 55.1 Å². The maximum Gasteiger partial charge on any atom is 0.251 e. The molecule has 6 heteroatoms. The van der Waals surface area contributed by atoms with Crippen molar-refractivity contribution >= 4 is 11.8 Å². The van der Waals surface area contributed by atoms with Gasteiger partial charge in [0, 0.05) is 50.7 Å². The van der Waals surface area contributed by atoms with E-state index in [0.717, 1.165) is 56.7 Å². The zero-order chi connectivity index (χ0) is 21.3. The summed E-state index contributed by atoms with van der Waals surface area (Å²) in [4.78, 5) is 33.6. The summed E-state index contributed by atoms with van der Waals surface area (Å²) in [6.07, 6.45) is 5.46. The molecule has 1 aliphatic rings. The van der Waals surface area contributed by atoms with Crippen molar-refractivity contribution in [2.45, 2.75) is 39.8 Å². The highest BCUT2D eigenvalue weighted by molar-refractivity contribution is 5.94. The minimum Gasteiger partial charge on any atom is -0.348 e. The summed E-state index contributed by atoms with van der Waals surface area (Å²) in [6, 6.07) is 11.6. The van der Waals surface area contributed by atoms with E-state index in [2.05, 4.69) is 15.2 Å². The lowest BCUT2D eigenvalue weighted by molar-refractivity contribution is -0.137. The first-order valence-electron chi connectivity index (χ1n) is 10.9. The number of amides is 2. The first kappa shape index (κ1) is 22.0. The van der Waals surface area contributed by atoms with Crippen LogP contribution in [0.25, 0.3) is 0 Å². The van der Waals surface area contributed by atoms with Crippen LogP contribution in [0, 0.1) is 5.92 Å². The number of hydrogen-bond acceptors (Lipinski definition) is 4. The van der Waals surface area contributed by atoms with Crippen molar-refractivity contribution in [3.63, 3.8) is 0 Å². The van der Waals surface area contributed by atoms with Crippen molar-refractivity contribution in [1.82, 2.24) is 20.1 Å². The minimum atomic E-state index is -0.0889.